The summed E-state index contributed by atoms with van der Waals surface area (Å²) in [6.07, 6.45) is 2.63. The van der Waals surface area contributed by atoms with E-state index >= 15 is 0 Å². The van der Waals surface area contributed by atoms with Crippen LogP contribution in [0, 0.1) is 0 Å². The summed E-state index contributed by atoms with van der Waals surface area (Å²) in [5.74, 6) is 1.41. The van der Waals surface area contributed by atoms with Crippen molar-refractivity contribution in [2.75, 3.05) is 25.6 Å². The van der Waals surface area contributed by atoms with Crippen LogP contribution in [0.25, 0.3) is 17.1 Å². The van der Waals surface area contributed by atoms with Crippen molar-refractivity contribution in [2.24, 2.45) is 0 Å². The summed E-state index contributed by atoms with van der Waals surface area (Å²) in [6, 6.07) is 8.98. The van der Waals surface area contributed by atoms with Gasteiger partial charge < -0.3 is 19.8 Å². The van der Waals surface area contributed by atoms with Crippen molar-refractivity contribution < 1.29 is 14.9 Å². The van der Waals surface area contributed by atoms with Gasteiger partial charge >= 0.3 is 0 Å². The molecule has 3 rings (SSSR count). The number of benzene rings is 2. The van der Waals surface area contributed by atoms with E-state index in [-0.39, 0.29) is 17.4 Å². The van der Waals surface area contributed by atoms with E-state index in [1.54, 1.807) is 19.5 Å². The molecule has 0 aliphatic rings. The van der Waals surface area contributed by atoms with Gasteiger partial charge in [0.15, 0.2) is 5.82 Å². The summed E-state index contributed by atoms with van der Waals surface area (Å²) < 4.78 is 7.34. The third-order valence-electron chi connectivity index (χ3n) is 4.97. The Labute approximate surface area is 171 Å². The topological polar surface area (TPSA) is 83.6 Å². The van der Waals surface area contributed by atoms with Gasteiger partial charge in [-0.1, -0.05) is 20.8 Å². The average Bonchev–Trinajstić information content (AvgIpc) is 3.17. The number of rotatable bonds is 7. The number of hydrogen-bond acceptors (Lipinski definition) is 6. The number of nitrogens with zero attached hydrogens (tertiary/aromatic N) is 4. The first-order chi connectivity index (χ1) is 13.9. The fourth-order valence-corrected chi connectivity index (χ4v) is 3.43. The molecule has 0 aliphatic heterocycles. The number of methoxy groups -OCH3 is 1. The molecule has 154 valence electrons. The fourth-order valence-electron chi connectivity index (χ4n) is 3.43. The van der Waals surface area contributed by atoms with Crippen LogP contribution in [0.4, 0.5) is 5.69 Å². The molecule has 2 N–H and O–H groups in total. The Morgan fingerprint density at radius 3 is 2.55 bits per heavy atom. The second-order valence-electron chi connectivity index (χ2n) is 7.39. The van der Waals surface area contributed by atoms with E-state index in [1.165, 1.54) is 6.07 Å². The minimum absolute atomic E-state index is 0.0435. The lowest BCUT2D eigenvalue weighted by atomic mass is 9.98. The molecular formula is C22H28N4O3. The molecule has 0 saturated carbocycles. The Bertz CT molecular complexity index is 998. The minimum atomic E-state index is -0.0435. The predicted octanol–water partition coefficient (Wildman–Crippen LogP) is 4.32. The summed E-state index contributed by atoms with van der Waals surface area (Å²) in [4.78, 5) is 2.14. The van der Waals surface area contributed by atoms with Gasteiger partial charge in [-0.05, 0) is 42.2 Å². The molecule has 1 heterocycles. The number of aromatic hydroxyl groups is 2. The maximum atomic E-state index is 10.5. The Morgan fingerprint density at radius 2 is 1.90 bits per heavy atom. The standard InChI is InChI=1S/C22H28N4O3/c1-6-9-25(4)18-10-15(7-8-21(18)29-5)26-13-23-24-22(26)17-11-16(14(2)3)19(27)12-20(17)28/h7-8,10-14,27-28H,6,9H2,1-5H3. The molecule has 1 aromatic heterocycles. The molecule has 0 radical (unpaired) electrons. The Balaban J connectivity index is 2.12. The molecule has 0 saturated heterocycles. The van der Waals surface area contributed by atoms with Crippen LogP contribution >= 0.6 is 0 Å². The molecule has 0 fully saturated rings. The first-order valence-electron chi connectivity index (χ1n) is 9.73. The highest BCUT2D eigenvalue weighted by atomic mass is 16.5. The Kier molecular flexibility index (Phi) is 5.96. The normalized spacial score (nSPS) is 11.1. The zero-order valence-corrected chi connectivity index (χ0v) is 17.5. The summed E-state index contributed by atoms with van der Waals surface area (Å²) in [7, 11) is 3.68. The number of aromatic nitrogens is 3. The van der Waals surface area contributed by atoms with Gasteiger partial charge in [0.05, 0.1) is 24.0 Å². The van der Waals surface area contributed by atoms with Crippen LogP contribution < -0.4 is 9.64 Å². The van der Waals surface area contributed by atoms with Crippen LogP contribution in [-0.4, -0.2) is 45.7 Å². The van der Waals surface area contributed by atoms with Crippen LogP contribution in [0.2, 0.25) is 0 Å². The van der Waals surface area contributed by atoms with Crippen molar-refractivity contribution in [1.82, 2.24) is 14.8 Å². The highest BCUT2D eigenvalue weighted by molar-refractivity contribution is 5.70. The molecule has 29 heavy (non-hydrogen) atoms. The first kappa shape index (κ1) is 20.5. The maximum absolute atomic E-state index is 10.5. The lowest BCUT2D eigenvalue weighted by molar-refractivity contribution is 0.414. The highest BCUT2D eigenvalue weighted by Crippen LogP contribution is 2.38. The van der Waals surface area contributed by atoms with Crippen LogP contribution in [0.5, 0.6) is 17.2 Å². The predicted molar refractivity (Wildman–Crippen MR) is 114 cm³/mol. The lowest BCUT2D eigenvalue weighted by Gasteiger charge is -2.22. The van der Waals surface area contributed by atoms with Gasteiger partial charge in [-0.25, -0.2) is 0 Å². The second kappa shape index (κ2) is 8.43. The van der Waals surface area contributed by atoms with Crippen molar-refractivity contribution >= 4 is 5.69 Å². The number of phenols is 2. The van der Waals surface area contributed by atoms with Crippen molar-refractivity contribution in [1.29, 1.82) is 0 Å². The number of ether oxygens (including phenoxy) is 1. The van der Waals surface area contributed by atoms with Gasteiger partial charge in [0, 0.05) is 19.7 Å². The monoisotopic (exact) mass is 396 g/mol. The molecule has 0 spiro atoms. The van der Waals surface area contributed by atoms with Gasteiger partial charge in [-0.2, -0.15) is 0 Å². The SMILES string of the molecule is CCCN(C)c1cc(-n2cnnc2-c2cc(C(C)C)c(O)cc2O)ccc1OC. The molecule has 0 atom stereocenters. The van der Waals surface area contributed by atoms with E-state index in [4.69, 9.17) is 4.74 Å². The van der Waals surface area contributed by atoms with E-state index in [2.05, 4.69) is 22.0 Å². The van der Waals surface area contributed by atoms with Crippen molar-refractivity contribution in [3.63, 3.8) is 0 Å². The zero-order valence-electron chi connectivity index (χ0n) is 17.5. The summed E-state index contributed by atoms with van der Waals surface area (Å²) >= 11 is 0. The van der Waals surface area contributed by atoms with Crippen molar-refractivity contribution in [2.45, 2.75) is 33.1 Å². The molecule has 7 heteroatoms. The Morgan fingerprint density at radius 1 is 1.14 bits per heavy atom. The highest BCUT2D eigenvalue weighted by Gasteiger charge is 2.19. The summed E-state index contributed by atoms with van der Waals surface area (Å²) in [6.45, 7) is 7.00. The quantitative estimate of drug-likeness (QED) is 0.619. The molecule has 7 nitrogen and oxygen atoms in total. The van der Waals surface area contributed by atoms with Crippen LogP contribution in [0.3, 0.4) is 0 Å². The molecule has 0 unspecified atom stereocenters. The third-order valence-corrected chi connectivity index (χ3v) is 4.97. The van der Waals surface area contributed by atoms with Crippen molar-refractivity contribution in [3.8, 4) is 34.3 Å². The average molecular weight is 396 g/mol. The smallest absolute Gasteiger partial charge is 0.172 e. The molecule has 3 aromatic rings. The van der Waals surface area contributed by atoms with Gasteiger partial charge in [0.2, 0.25) is 0 Å². The van der Waals surface area contributed by atoms with Gasteiger partial charge in [-0.15, -0.1) is 10.2 Å². The number of hydrogen-bond donors (Lipinski definition) is 2. The molecule has 0 amide bonds. The Hall–Kier alpha value is -3.22. The molecule has 2 aromatic carbocycles. The van der Waals surface area contributed by atoms with Gasteiger partial charge in [-0.3, -0.25) is 4.57 Å². The van der Waals surface area contributed by atoms with Crippen LogP contribution in [-0.2, 0) is 0 Å². The van der Waals surface area contributed by atoms with Crippen LogP contribution in [0.15, 0.2) is 36.7 Å². The second-order valence-corrected chi connectivity index (χ2v) is 7.39. The van der Waals surface area contributed by atoms with Gasteiger partial charge in [0.25, 0.3) is 0 Å². The first-order valence-corrected chi connectivity index (χ1v) is 9.73. The number of anilines is 1. The van der Waals surface area contributed by atoms with Gasteiger partial charge in [0.1, 0.15) is 23.6 Å². The van der Waals surface area contributed by atoms with E-state index in [9.17, 15) is 10.2 Å². The van der Waals surface area contributed by atoms with E-state index < -0.39 is 0 Å². The lowest BCUT2D eigenvalue weighted by Crippen LogP contribution is -2.18. The largest absolute Gasteiger partial charge is 0.508 e. The summed E-state index contributed by atoms with van der Waals surface area (Å²) in [5, 5.41) is 28.9. The third kappa shape index (κ3) is 3.99. The minimum Gasteiger partial charge on any atom is -0.508 e. The van der Waals surface area contributed by atoms with Crippen LogP contribution in [0.1, 0.15) is 38.7 Å². The fraction of sp³-hybridized carbons (Fsp3) is 0.364. The number of phenolic OH excluding ortho intramolecular Hbond substituents is 2. The maximum Gasteiger partial charge on any atom is 0.172 e. The summed E-state index contributed by atoms with van der Waals surface area (Å²) in [5.41, 5.74) is 3.07. The molecule has 0 aliphatic carbocycles. The zero-order chi connectivity index (χ0) is 21.1. The molecule has 0 bridgehead atoms. The van der Waals surface area contributed by atoms with E-state index in [0.29, 0.717) is 11.4 Å². The van der Waals surface area contributed by atoms with E-state index in [0.717, 1.165) is 35.7 Å². The van der Waals surface area contributed by atoms with E-state index in [1.807, 2.05) is 43.7 Å². The van der Waals surface area contributed by atoms with Crippen molar-refractivity contribution in [3.05, 3.63) is 42.2 Å². The molecular weight excluding hydrogens is 368 g/mol.